The van der Waals surface area contributed by atoms with Gasteiger partial charge >= 0.3 is 0 Å². The van der Waals surface area contributed by atoms with E-state index in [1.165, 1.54) is 4.57 Å². The summed E-state index contributed by atoms with van der Waals surface area (Å²) in [5.74, 6) is 1.68. The summed E-state index contributed by atoms with van der Waals surface area (Å²) in [5.41, 5.74) is 0.547. The van der Waals surface area contributed by atoms with Crippen LogP contribution >= 0.6 is 11.6 Å². The van der Waals surface area contributed by atoms with Gasteiger partial charge in [-0.05, 0) is 24.3 Å². The highest BCUT2D eigenvalue weighted by atomic mass is 35.5. The zero-order chi connectivity index (χ0) is 15.1. The van der Waals surface area contributed by atoms with Gasteiger partial charge in [-0.1, -0.05) is 18.2 Å². The van der Waals surface area contributed by atoms with Crippen LogP contribution in [-0.4, -0.2) is 24.1 Å². The van der Waals surface area contributed by atoms with Crippen molar-refractivity contribution in [3.63, 3.8) is 0 Å². The number of alkyl halides is 1. The lowest BCUT2D eigenvalue weighted by molar-refractivity contribution is 0.927. The molecule has 3 heterocycles. The molecule has 0 atom stereocenters. The third-order valence-electron chi connectivity index (χ3n) is 3.49. The van der Waals surface area contributed by atoms with Crippen LogP contribution in [0.3, 0.4) is 0 Å². The molecule has 0 radical (unpaired) electrons. The maximum atomic E-state index is 12.8. The van der Waals surface area contributed by atoms with Crippen molar-refractivity contribution < 1.29 is 0 Å². The molecule has 0 aliphatic heterocycles. The first-order valence-electron chi connectivity index (χ1n) is 6.66. The second-order valence-electron chi connectivity index (χ2n) is 4.73. The van der Waals surface area contributed by atoms with Crippen molar-refractivity contribution in [3.05, 3.63) is 64.8 Å². The first kappa shape index (κ1) is 13.0. The Balaban J connectivity index is 2.27. The lowest BCUT2D eigenvalue weighted by Gasteiger charge is -2.09. The van der Waals surface area contributed by atoms with Crippen LogP contribution in [0.2, 0.25) is 0 Å². The van der Waals surface area contributed by atoms with Crippen LogP contribution in [0.4, 0.5) is 0 Å². The van der Waals surface area contributed by atoms with E-state index in [1.54, 1.807) is 28.8 Å². The van der Waals surface area contributed by atoms with E-state index in [9.17, 15) is 4.79 Å². The molecule has 0 bridgehead atoms. The number of benzene rings is 1. The molecule has 0 saturated heterocycles. The molecule has 0 aliphatic rings. The highest BCUT2D eigenvalue weighted by Crippen LogP contribution is 2.17. The van der Waals surface area contributed by atoms with Crippen molar-refractivity contribution in [2.75, 3.05) is 0 Å². The van der Waals surface area contributed by atoms with Crippen LogP contribution < -0.4 is 5.56 Å². The lowest BCUT2D eigenvalue weighted by Crippen LogP contribution is -2.22. The number of hydrogen-bond donors (Lipinski definition) is 0. The van der Waals surface area contributed by atoms with Crippen molar-refractivity contribution in [3.8, 4) is 5.82 Å². The summed E-state index contributed by atoms with van der Waals surface area (Å²) in [5, 5.41) is 8.77. The zero-order valence-corrected chi connectivity index (χ0v) is 12.1. The SMILES string of the molecule is O=c1c2ccccc2n2c(CCl)nnc2n1-c1ccccn1. The number of rotatable bonds is 2. The van der Waals surface area contributed by atoms with E-state index in [-0.39, 0.29) is 11.4 Å². The van der Waals surface area contributed by atoms with E-state index in [2.05, 4.69) is 15.2 Å². The summed E-state index contributed by atoms with van der Waals surface area (Å²) in [6.45, 7) is 0. The first-order valence-corrected chi connectivity index (χ1v) is 7.20. The first-order chi connectivity index (χ1) is 10.8. The van der Waals surface area contributed by atoms with Crippen LogP contribution in [0.25, 0.3) is 22.5 Å². The van der Waals surface area contributed by atoms with E-state index >= 15 is 0 Å². The third-order valence-corrected chi connectivity index (χ3v) is 3.73. The Morgan fingerprint density at radius 3 is 2.64 bits per heavy atom. The second-order valence-corrected chi connectivity index (χ2v) is 5.00. The van der Waals surface area contributed by atoms with E-state index in [1.807, 2.05) is 24.3 Å². The third kappa shape index (κ3) is 1.74. The minimum Gasteiger partial charge on any atom is -0.268 e. The smallest absolute Gasteiger partial charge is 0.268 e. The van der Waals surface area contributed by atoms with Crippen LogP contribution in [0.15, 0.2) is 53.5 Å². The van der Waals surface area contributed by atoms with Gasteiger partial charge in [-0.25, -0.2) is 9.55 Å². The lowest BCUT2D eigenvalue weighted by atomic mass is 10.2. The Bertz CT molecular complexity index is 1040. The molecule has 0 fully saturated rings. The van der Waals surface area contributed by atoms with Crippen molar-refractivity contribution in [1.82, 2.24) is 24.1 Å². The largest absolute Gasteiger partial charge is 0.268 e. The molecule has 6 nitrogen and oxygen atoms in total. The Kier molecular flexibility index (Phi) is 2.90. The fourth-order valence-corrected chi connectivity index (χ4v) is 2.71. The van der Waals surface area contributed by atoms with E-state index in [4.69, 9.17) is 11.6 Å². The fraction of sp³-hybridized carbons (Fsp3) is 0.0667. The van der Waals surface area contributed by atoms with Crippen molar-refractivity contribution in [2.24, 2.45) is 0 Å². The van der Waals surface area contributed by atoms with Crippen molar-refractivity contribution in [2.45, 2.75) is 5.88 Å². The van der Waals surface area contributed by atoms with E-state index < -0.39 is 0 Å². The van der Waals surface area contributed by atoms with Crippen LogP contribution in [0, 0.1) is 0 Å². The topological polar surface area (TPSA) is 65.1 Å². The molecule has 0 saturated carbocycles. The Hall–Kier alpha value is -2.73. The van der Waals surface area contributed by atoms with Crippen LogP contribution in [0.5, 0.6) is 0 Å². The Morgan fingerprint density at radius 2 is 1.86 bits per heavy atom. The summed E-state index contributed by atoms with van der Waals surface area (Å²) >= 11 is 5.96. The summed E-state index contributed by atoms with van der Waals surface area (Å²) in [6.07, 6.45) is 1.63. The van der Waals surface area contributed by atoms with Gasteiger partial charge < -0.3 is 0 Å². The highest BCUT2D eigenvalue weighted by molar-refractivity contribution is 6.16. The molecule has 0 amide bonds. The van der Waals surface area contributed by atoms with Gasteiger partial charge in [-0.2, -0.15) is 0 Å². The molecule has 4 rings (SSSR count). The average molecular weight is 312 g/mol. The quantitative estimate of drug-likeness (QED) is 0.532. The summed E-state index contributed by atoms with van der Waals surface area (Å²) in [4.78, 5) is 17.1. The minimum absolute atomic E-state index is 0.185. The monoisotopic (exact) mass is 311 g/mol. The molecule has 7 heteroatoms. The van der Waals surface area contributed by atoms with Gasteiger partial charge in [-0.3, -0.25) is 9.20 Å². The summed E-state index contributed by atoms with van der Waals surface area (Å²) in [7, 11) is 0. The summed E-state index contributed by atoms with van der Waals surface area (Å²) < 4.78 is 3.24. The number of aromatic nitrogens is 5. The normalized spacial score (nSPS) is 11.3. The Morgan fingerprint density at radius 1 is 1.05 bits per heavy atom. The number of halogens is 1. The number of nitrogens with zero attached hydrogens (tertiary/aromatic N) is 5. The average Bonchev–Trinajstić information content (AvgIpc) is 3.00. The van der Waals surface area contributed by atoms with Gasteiger partial charge in [0.1, 0.15) is 5.82 Å². The van der Waals surface area contributed by atoms with Gasteiger partial charge in [0.25, 0.3) is 5.56 Å². The maximum absolute atomic E-state index is 12.8. The van der Waals surface area contributed by atoms with Crippen LogP contribution in [-0.2, 0) is 5.88 Å². The van der Waals surface area contributed by atoms with Gasteiger partial charge in [0.05, 0.1) is 16.8 Å². The van der Waals surface area contributed by atoms with Gasteiger partial charge in [0.15, 0.2) is 5.82 Å². The number of pyridine rings is 1. The molecule has 0 spiro atoms. The molecule has 0 unspecified atom stereocenters. The Labute approximate surface area is 129 Å². The molecule has 0 aliphatic carbocycles. The molecule has 4 aromatic rings. The van der Waals surface area contributed by atoms with Gasteiger partial charge in [0.2, 0.25) is 5.78 Å². The molecule has 108 valence electrons. The predicted octanol–water partition coefficient (Wildman–Crippen LogP) is 2.17. The zero-order valence-electron chi connectivity index (χ0n) is 11.3. The summed E-state index contributed by atoms with van der Waals surface area (Å²) in [6, 6.07) is 12.7. The molecular weight excluding hydrogens is 302 g/mol. The van der Waals surface area contributed by atoms with Gasteiger partial charge in [0, 0.05) is 6.20 Å². The number of hydrogen-bond acceptors (Lipinski definition) is 4. The van der Waals surface area contributed by atoms with Crippen molar-refractivity contribution >= 4 is 28.3 Å². The molecule has 1 aromatic carbocycles. The molecular formula is C15H10ClN5O. The predicted molar refractivity (Wildman–Crippen MR) is 83.4 cm³/mol. The molecule has 22 heavy (non-hydrogen) atoms. The standard InChI is InChI=1S/C15H10ClN5O/c16-9-13-18-19-15-20(13)11-6-2-1-5-10(11)14(22)21(15)12-7-3-4-8-17-12/h1-8H,9H2. The highest BCUT2D eigenvalue weighted by Gasteiger charge is 2.17. The van der Waals surface area contributed by atoms with E-state index in [0.29, 0.717) is 22.8 Å². The minimum atomic E-state index is -0.185. The molecule has 0 N–H and O–H groups in total. The number of para-hydroxylation sites is 1. The van der Waals surface area contributed by atoms with Gasteiger partial charge in [-0.15, -0.1) is 21.8 Å². The molecule has 3 aromatic heterocycles. The maximum Gasteiger partial charge on any atom is 0.268 e. The van der Waals surface area contributed by atoms with Crippen molar-refractivity contribution in [1.29, 1.82) is 0 Å². The number of fused-ring (bicyclic) bond motifs is 3. The van der Waals surface area contributed by atoms with Crippen LogP contribution in [0.1, 0.15) is 5.82 Å². The second kappa shape index (κ2) is 4.92. The van der Waals surface area contributed by atoms with E-state index in [0.717, 1.165) is 5.52 Å². The fourth-order valence-electron chi connectivity index (χ4n) is 2.54.